The maximum absolute atomic E-state index is 10.1. The maximum Gasteiger partial charge on any atom is 0.155 e. The van der Waals surface area contributed by atoms with E-state index < -0.39 is 5.60 Å². The predicted octanol–water partition coefficient (Wildman–Crippen LogP) is 1.70. The van der Waals surface area contributed by atoms with Crippen LogP contribution in [0.15, 0.2) is 23.2 Å². The van der Waals surface area contributed by atoms with E-state index in [9.17, 15) is 5.11 Å². The summed E-state index contributed by atoms with van der Waals surface area (Å²) < 4.78 is 2.75. The quantitative estimate of drug-likeness (QED) is 0.834. The number of thioether (sulfide) groups is 1. The summed E-state index contributed by atoms with van der Waals surface area (Å²) in [6.07, 6.45) is 7.42. The van der Waals surface area contributed by atoms with E-state index in [-0.39, 0.29) is 0 Å². The molecule has 2 aromatic heterocycles. The van der Waals surface area contributed by atoms with Gasteiger partial charge in [-0.1, -0.05) is 0 Å². The molecule has 1 atom stereocenters. The van der Waals surface area contributed by atoms with Crippen LogP contribution >= 0.6 is 27.7 Å². The second-order valence-electron chi connectivity index (χ2n) is 4.72. The van der Waals surface area contributed by atoms with Crippen LogP contribution < -0.4 is 5.32 Å². The number of hydrogen-bond donors (Lipinski definition) is 2. The highest BCUT2D eigenvalue weighted by atomic mass is 79.9. The molecule has 19 heavy (non-hydrogen) atoms. The third-order valence-corrected chi connectivity index (χ3v) is 4.03. The molecule has 1 unspecified atom stereocenters. The number of aliphatic hydroxyl groups is 1. The lowest BCUT2D eigenvalue weighted by molar-refractivity contribution is 0.0845. The van der Waals surface area contributed by atoms with Crippen molar-refractivity contribution in [1.82, 2.24) is 19.7 Å². The van der Waals surface area contributed by atoms with E-state index in [4.69, 9.17) is 0 Å². The van der Waals surface area contributed by atoms with Crippen molar-refractivity contribution in [3.63, 3.8) is 0 Å². The molecule has 0 bridgehead atoms. The van der Waals surface area contributed by atoms with Crippen LogP contribution in [0.3, 0.4) is 0 Å². The summed E-state index contributed by atoms with van der Waals surface area (Å²) in [5, 5.41) is 13.3. The summed E-state index contributed by atoms with van der Waals surface area (Å²) in [6, 6.07) is 0. The Bertz CT molecular complexity index is 558. The molecule has 2 rings (SSSR count). The van der Waals surface area contributed by atoms with Crippen LogP contribution in [-0.2, 0) is 6.54 Å². The van der Waals surface area contributed by atoms with E-state index in [1.165, 1.54) is 0 Å². The van der Waals surface area contributed by atoms with Crippen LogP contribution in [0.5, 0.6) is 0 Å². The first kappa shape index (κ1) is 14.8. The summed E-state index contributed by atoms with van der Waals surface area (Å²) in [4.78, 5) is 8.42. The van der Waals surface area contributed by atoms with Gasteiger partial charge in [0.15, 0.2) is 5.65 Å². The second-order valence-corrected chi connectivity index (χ2v) is 6.40. The molecule has 104 valence electrons. The first-order valence-electron chi connectivity index (χ1n) is 5.91. The number of nitrogens with one attached hydrogen (secondary N) is 1. The summed E-state index contributed by atoms with van der Waals surface area (Å²) in [6.45, 7) is 3.04. The molecule has 2 heterocycles. The lowest BCUT2D eigenvalue weighted by atomic mass is 10.1. The average Bonchev–Trinajstić information content (AvgIpc) is 2.71. The Hall–Kier alpha value is -0.630. The smallest absolute Gasteiger partial charge is 0.155 e. The van der Waals surface area contributed by atoms with Crippen LogP contribution in [-0.4, -0.2) is 43.6 Å². The Kier molecular flexibility index (Phi) is 4.83. The Balaban J connectivity index is 2.00. The molecule has 0 aromatic carbocycles. The van der Waals surface area contributed by atoms with Crippen LogP contribution in [0.4, 0.5) is 0 Å². The van der Waals surface area contributed by atoms with Gasteiger partial charge in [-0.05, 0) is 29.1 Å². The number of halogens is 1. The fourth-order valence-electron chi connectivity index (χ4n) is 1.87. The van der Waals surface area contributed by atoms with E-state index in [2.05, 4.69) is 31.2 Å². The zero-order valence-electron chi connectivity index (χ0n) is 10.9. The largest absolute Gasteiger partial charge is 0.388 e. The fourth-order valence-corrected chi connectivity index (χ4v) is 2.90. The van der Waals surface area contributed by atoms with E-state index in [1.54, 1.807) is 18.0 Å². The molecule has 2 aromatic rings. The van der Waals surface area contributed by atoms with Gasteiger partial charge in [0.25, 0.3) is 0 Å². The second kappa shape index (κ2) is 6.21. The number of nitrogens with zero attached hydrogens (tertiary/aromatic N) is 3. The molecule has 2 N–H and O–H groups in total. The normalized spacial score (nSPS) is 14.7. The van der Waals surface area contributed by atoms with Gasteiger partial charge in [0, 0.05) is 25.0 Å². The minimum atomic E-state index is -0.692. The number of imidazole rings is 1. The van der Waals surface area contributed by atoms with E-state index in [0.29, 0.717) is 18.8 Å². The minimum Gasteiger partial charge on any atom is -0.388 e. The van der Waals surface area contributed by atoms with Crippen molar-refractivity contribution in [2.24, 2.45) is 0 Å². The first-order chi connectivity index (χ1) is 9.02. The highest BCUT2D eigenvalue weighted by Crippen LogP contribution is 2.12. The van der Waals surface area contributed by atoms with Crippen molar-refractivity contribution in [3.8, 4) is 0 Å². The molecule has 0 saturated carbocycles. The first-order valence-corrected chi connectivity index (χ1v) is 8.10. The third kappa shape index (κ3) is 3.92. The molecule has 0 spiro atoms. The Morgan fingerprint density at radius 1 is 1.47 bits per heavy atom. The zero-order valence-corrected chi connectivity index (χ0v) is 13.3. The Morgan fingerprint density at radius 2 is 2.26 bits per heavy atom. The maximum atomic E-state index is 10.1. The van der Waals surface area contributed by atoms with Crippen molar-refractivity contribution in [2.75, 3.05) is 18.6 Å². The molecule has 5 nitrogen and oxygen atoms in total. The Labute approximate surface area is 125 Å². The lowest BCUT2D eigenvalue weighted by Crippen LogP contribution is -2.39. The number of hydrogen-bond acceptors (Lipinski definition) is 5. The number of fused-ring (bicyclic) bond motifs is 1. The van der Waals surface area contributed by atoms with Gasteiger partial charge in [-0.2, -0.15) is 11.8 Å². The summed E-state index contributed by atoms with van der Waals surface area (Å²) in [5.41, 5.74) is 1.16. The van der Waals surface area contributed by atoms with Gasteiger partial charge in [-0.25, -0.2) is 9.97 Å². The van der Waals surface area contributed by atoms with Gasteiger partial charge in [0.1, 0.15) is 4.60 Å². The van der Waals surface area contributed by atoms with Crippen molar-refractivity contribution < 1.29 is 5.11 Å². The van der Waals surface area contributed by atoms with Crippen LogP contribution in [0.1, 0.15) is 12.6 Å². The summed E-state index contributed by atoms with van der Waals surface area (Å²) in [5.74, 6) is 0.711. The summed E-state index contributed by atoms with van der Waals surface area (Å²) >= 11 is 4.99. The topological polar surface area (TPSA) is 62.5 Å². The molecule has 0 radical (unpaired) electrons. The number of rotatable bonds is 6. The van der Waals surface area contributed by atoms with Gasteiger partial charge in [0.05, 0.1) is 23.7 Å². The van der Waals surface area contributed by atoms with Gasteiger partial charge < -0.3 is 10.4 Å². The molecular formula is C12H17BrN4OS. The van der Waals surface area contributed by atoms with E-state index in [0.717, 1.165) is 15.9 Å². The third-order valence-electron chi connectivity index (χ3n) is 2.71. The fraction of sp³-hybridized carbons (Fsp3) is 0.500. The van der Waals surface area contributed by atoms with Gasteiger partial charge in [-0.15, -0.1) is 0 Å². The zero-order chi connectivity index (χ0) is 13.9. The molecule has 0 aliphatic carbocycles. The SMILES string of the molecule is CSCC(C)(O)CNCc1cnc2cnc(Br)cn12. The van der Waals surface area contributed by atoms with Crippen molar-refractivity contribution in [2.45, 2.75) is 19.1 Å². The summed E-state index contributed by atoms with van der Waals surface area (Å²) in [7, 11) is 0. The standard InChI is InChI=1S/C12H17BrN4OS/c1-12(18,8-19-2)7-14-3-9-4-16-11-5-15-10(13)6-17(9)11/h4-6,14,18H,3,7-8H2,1-2H3. The molecule has 0 aliphatic heterocycles. The van der Waals surface area contributed by atoms with E-state index in [1.807, 2.05) is 30.0 Å². The minimum absolute atomic E-state index is 0.549. The number of aromatic nitrogens is 3. The van der Waals surface area contributed by atoms with Gasteiger partial charge in [0.2, 0.25) is 0 Å². The van der Waals surface area contributed by atoms with Gasteiger partial charge in [-0.3, -0.25) is 4.40 Å². The highest BCUT2D eigenvalue weighted by Gasteiger charge is 2.18. The molecule has 0 fully saturated rings. The highest BCUT2D eigenvalue weighted by molar-refractivity contribution is 9.10. The Morgan fingerprint density at radius 3 is 3.00 bits per heavy atom. The van der Waals surface area contributed by atoms with Gasteiger partial charge >= 0.3 is 0 Å². The predicted molar refractivity (Wildman–Crippen MR) is 81.4 cm³/mol. The molecule has 0 saturated heterocycles. The van der Waals surface area contributed by atoms with Crippen LogP contribution in [0.25, 0.3) is 5.65 Å². The molecule has 0 aliphatic rings. The van der Waals surface area contributed by atoms with Crippen molar-refractivity contribution in [1.29, 1.82) is 0 Å². The average molecular weight is 345 g/mol. The molecule has 0 amide bonds. The van der Waals surface area contributed by atoms with E-state index >= 15 is 0 Å². The molecule has 7 heteroatoms. The molecular weight excluding hydrogens is 328 g/mol. The van der Waals surface area contributed by atoms with Crippen LogP contribution in [0.2, 0.25) is 0 Å². The monoisotopic (exact) mass is 344 g/mol. The van der Waals surface area contributed by atoms with Crippen molar-refractivity contribution in [3.05, 3.63) is 28.9 Å². The lowest BCUT2D eigenvalue weighted by Gasteiger charge is -2.22. The van der Waals surface area contributed by atoms with Crippen molar-refractivity contribution >= 4 is 33.3 Å². The van der Waals surface area contributed by atoms with Crippen LogP contribution in [0, 0.1) is 0 Å².